The summed E-state index contributed by atoms with van der Waals surface area (Å²) in [5, 5.41) is 11.2. The van der Waals surface area contributed by atoms with E-state index in [-0.39, 0.29) is 0 Å². The van der Waals surface area contributed by atoms with Gasteiger partial charge in [0, 0.05) is 0 Å². The molecule has 0 aliphatic heterocycles. The Bertz CT molecular complexity index is 403. The van der Waals surface area contributed by atoms with Gasteiger partial charge >= 0.3 is 146 Å². The van der Waals surface area contributed by atoms with Gasteiger partial charge in [-0.25, -0.2) is 0 Å². The first-order valence-corrected chi connectivity index (χ1v) is 17.4. The first-order chi connectivity index (χ1) is 10.4. The van der Waals surface area contributed by atoms with Gasteiger partial charge in [-0.1, -0.05) is 0 Å². The van der Waals surface area contributed by atoms with Gasteiger partial charge < -0.3 is 0 Å². The zero-order valence-corrected chi connectivity index (χ0v) is 18.9. The van der Waals surface area contributed by atoms with Crippen LogP contribution in [0.1, 0.15) is 78.2 Å². The van der Waals surface area contributed by atoms with Gasteiger partial charge in [0.2, 0.25) is 0 Å². The van der Waals surface area contributed by atoms with E-state index in [2.05, 4.69) is 32.0 Å². The molecule has 128 valence electrons. The molecule has 0 aromatic carbocycles. The Morgan fingerprint density at radius 2 is 1.45 bits per heavy atom. The molecule has 1 aromatic rings. The molecule has 4 heteroatoms. The molecular weight excluding hydrogens is 397 g/mol. The van der Waals surface area contributed by atoms with Crippen LogP contribution in [-0.4, -0.2) is 28.5 Å². The van der Waals surface area contributed by atoms with E-state index in [1.165, 1.54) is 51.8 Å². The number of hydrogen-bond donors (Lipinski definition) is 1. The Kier molecular flexibility index (Phi) is 8.94. The van der Waals surface area contributed by atoms with Gasteiger partial charge in [-0.3, -0.25) is 0 Å². The summed E-state index contributed by atoms with van der Waals surface area (Å²) in [6.45, 7) is 10.6. The standard InChI is InChI=1S/C6H8NOS.3C4H9.Sn/c1-6(2,8)5-7-3-4-9-5;3*1-3-4-2;/h3,8H,1-2H3;3*1,3-4H2,2H3;. The molecule has 0 aliphatic carbocycles. The normalized spacial score (nSPS) is 12.8. The number of unbranched alkanes of at least 4 members (excludes halogenated alkanes) is 3. The minimum atomic E-state index is -2.33. The molecule has 22 heavy (non-hydrogen) atoms. The fourth-order valence-electron chi connectivity index (χ4n) is 3.09. The summed E-state index contributed by atoms with van der Waals surface area (Å²) in [6, 6.07) is 0. The van der Waals surface area contributed by atoms with Crippen molar-refractivity contribution in [1.29, 1.82) is 0 Å². The van der Waals surface area contributed by atoms with Crippen LogP contribution in [-0.2, 0) is 5.60 Å². The Hall–Kier alpha value is 0.389. The molecule has 0 bridgehead atoms. The van der Waals surface area contributed by atoms with Crippen molar-refractivity contribution in [3.05, 3.63) is 11.2 Å². The van der Waals surface area contributed by atoms with Gasteiger partial charge in [0.1, 0.15) is 0 Å². The molecule has 0 radical (unpaired) electrons. The number of nitrogens with zero attached hydrogens (tertiary/aromatic N) is 1. The zero-order valence-electron chi connectivity index (χ0n) is 15.2. The molecule has 1 N–H and O–H groups in total. The summed E-state index contributed by atoms with van der Waals surface area (Å²) in [6.07, 6.45) is 10.2. The van der Waals surface area contributed by atoms with E-state index >= 15 is 0 Å². The van der Waals surface area contributed by atoms with E-state index in [0.717, 1.165) is 5.01 Å². The van der Waals surface area contributed by atoms with Crippen molar-refractivity contribution in [2.24, 2.45) is 0 Å². The molecule has 0 saturated carbocycles. The third-order valence-electron chi connectivity index (χ3n) is 4.58. The third kappa shape index (κ3) is 5.79. The number of aromatic nitrogens is 1. The van der Waals surface area contributed by atoms with Crippen LogP contribution in [0.25, 0.3) is 0 Å². The summed E-state index contributed by atoms with van der Waals surface area (Å²) in [5.74, 6) is 0. The second kappa shape index (κ2) is 9.63. The fourth-order valence-corrected chi connectivity index (χ4v) is 22.8. The number of thiazole rings is 1. The van der Waals surface area contributed by atoms with E-state index in [4.69, 9.17) is 0 Å². The third-order valence-corrected chi connectivity index (χ3v) is 24.1. The van der Waals surface area contributed by atoms with Crippen LogP contribution in [0.15, 0.2) is 6.20 Å². The second-order valence-corrected chi connectivity index (χ2v) is 22.4. The van der Waals surface area contributed by atoms with Crippen LogP contribution in [0.5, 0.6) is 0 Å². The van der Waals surface area contributed by atoms with Crippen LogP contribution >= 0.6 is 11.3 Å². The molecular formula is C18H35NOSSn. The van der Waals surface area contributed by atoms with Gasteiger partial charge in [0.15, 0.2) is 0 Å². The van der Waals surface area contributed by atoms with E-state index in [9.17, 15) is 5.11 Å². The van der Waals surface area contributed by atoms with Crippen LogP contribution < -0.4 is 2.89 Å². The van der Waals surface area contributed by atoms with Crippen molar-refractivity contribution in [2.45, 2.75) is 92.1 Å². The average molecular weight is 432 g/mol. The Morgan fingerprint density at radius 3 is 1.77 bits per heavy atom. The van der Waals surface area contributed by atoms with Gasteiger partial charge in [0.05, 0.1) is 0 Å². The minimum absolute atomic E-state index is 0.791. The monoisotopic (exact) mass is 433 g/mol. The Morgan fingerprint density at radius 1 is 1.00 bits per heavy atom. The zero-order chi connectivity index (χ0) is 16.6. The molecule has 1 aromatic heterocycles. The van der Waals surface area contributed by atoms with Gasteiger partial charge in [0.25, 0.3) is 0 Å². The topological polar surface area (TPSA) is 33.1 Å². The molecule has 0 atom stereocenters. The van der Waals surface area contributed by atoms with Crippen LogP contribution in [0.4, 0.5) is 0 Å². The van der Waals surface area contributed by atoms with Crippen molar-refractivity contribution >= 4 is 32.6 Å². The summed E-state index contributed by atoms with van der Waals surface area (Å²) in [5.41, 5.74) is -0.791. The van der Waals surface area contributed by atoms with Crippen molar-refractivity contribution < 1.29 is 5.11 Å². The molecule has 2 nitrogen and oxygen atoms in total. The molecule has 1 rings (SSSR count). The molecule has 1 heterocycles. The Balaban J connectivity index is 3.10. The first-order valence-electron chi connectivity index (χ1n) is 9.08. The van der Waals surface area contributed by atoms with E-state index < -0.39 is 24.0 Å². The van der Waals surface area contributed by atoms with Crippen molar-refractivity contribution in [3.63, 3.8) is 0 Å². The van der Waals surface area contributed by atoms with Crippen molar-refractivity contribution in [3.8, 4) is 0 Å². The number of hydrogen-bond acceptors (Lipinski definition) is 3. The first kappa shape index (κ1) is 20.4. The second-order valence-electron chi connectivity index (χ2n) is 7.18. The van der Waals surface area contributed by atoms with E-state index in [0.29, 0.717) is 0 Å². The SMILES string of the molecule is CCC[CH2][Sn]([CH2]CCC)([CH2]CCC)[c]1cnc(C(C)(C)O)s1. The molecule has 0 amide bonds. The summed E-state index contributed by atoms with van der Waals surface area (Å²) in [7, 11) is 0. The molecule has 0 unspecified atom stereocenters. The fraction of sp³-hybridized carbons (Fsp3) is 0.833. The predicted octanol–water partition coefficient (Wildman–Crippen LogP) is 5.43. The van der Waals surface area contributed by atoms with Crippen molar-refractivity contribution in [1.82, 2.24) is 4.98 Å². The summed E-state index contributed by atoms with van der Waals surface area (Å²) in [4.78, 5) is 4.60. The van der Waals surface area contributed by atoms with Crippen molar-refractivity contribution in [2.75, 3.05) is 0 Å². The van der Waals surface area contributed by atoms with Gasteiger partial charge in [-0.15, -0.1) is 0 Å². The molecule has 0 saturated heterocycles. The molecule has 0 spiro atoms. The predicted molar refractivity (Wildman–Crippen MR) is 102 cm³/mol. The maximum absolute atomic E-state index is 10.3. The molecule has 0 aliphatic rings. The quantitative estimate of drug-likeness (QED) is 0.474. The molecule has 0 fully saturated rings. The number of aliphatic hydroxyl groups is 1. The van der Waals surface area contributed by atoms with Gasteiger partial charge in [-0.2, -0.15) is 0 Å². The van der Waals surface area contributed by atoms with Crippen LogP contribution in [0, 0.1) is 0 Å². The maximum atomic E-state index is 10.3. The average Bonchev–Trinajstić information content (AvgIpc) is 2.97. The summed E-state index contributed by atoms with van der Waals surface area (Å²) < 4.78 is 6.03. The van der Waals surface area contributed by atoms with Gasteiger partial charge in [-0.05, 0) is 0 Å². The van der Waals surface area contributed by atoms with E-state index in [1.54, 1.807) is 2.89 Å². The van der Waals surface area contributed by atoms with E-state index in [1.807, 2.05) is 25.2 Å². The van der Waals surface area contributed by atoms with Crippen LogP contribution in [0.3, 0.4) is 0 Å². The summed E-state index contributed by atoms with van der Waals surface area (Å²) >= 11 is -0.502. The Labute approximate surface area is 145 Å². The van der Waals surface area contributed by atoms with Crippen LogP contribution in [0.2, 0.25) is 13.3 Å². The number of rotatable bonds is 11.